The van der Waals surface area contributed by atoms with E-state index < -0.39 is 48.9 Å². The molecule has 0 aromatic rings. The van der Waals surface area contributed by atoms with Gasteiger partial charge in [-0.1, -0.05) is 0 Å². The van der Waals surface area contributed by atoms with Crippen molar-refractivity contribution in [1.82, 2.24) is 0 Å². The predicted octanol–water partition coefficient (Wildman–Crippen LogP) is -0.652. The highest BCUT2D eigenvalue weighted by Crippen LogP contribution is 2.43. The quantitative estimate of drug-likeness (QED) is 0.658. The van der Waals surface area contributed by atoms with E-state index in [-0.39, 0.29) is 6.61 Å². The summed E-state index contributed by atoms with van der Waals surface area (Å²) in [6, 6.07) is 0. The topological polar surface area (TPSA) is 86.6 Å². The maximum Gasteiger partial charge on any atom is 0.190 e. The molecule has 0 aliphatic carbocycles. The van der Waals surface area contributed by atoms with Crippen LogP contribution < -0.4 is 0 Å². The van der Waals surface area contributed by atoms with Crippen LogP contribution in [-0.4, -0.2) is 65.7 Å². The average molecular weight is 276 g/mol. The molecule has 7 nitrogen and oxygen atoms in total. The first-order valence-electron chi connectivity index (χ1n) is 6.47. The fraction of sp³-hybridized carbons (Fsp3) is 1.00. The lowest BCUT2D eigenvalue weighted by molar-refractivity contribution is -0.361. The molecule has 19 heavy (non-hydrogen) atoms. The first-order valence-corrected chi connectivity index (χ1v) is 6.47. The summed E-state index contributed by atoms with van der Waals surface area (Å²) < 4.78 is 27.9. The molecule has 3 aliphatic heterocycles. The fourth-order valence-electron chi connectivity index (χ4n) is 2.88. The molecular formula is C12H20O7. The Hall–Kier alpha value is -0.280. The first-order chi connectivity index (χ1) is 8.86. The molecule has 0 spiro atoms. The van der Waals surface area contributed by atoms with Crippen LogP contribution in [0.1, 0.15) is 20.8 Å². The number of hydrogen-bond donors (Lipinski definition) is 2. The van der Waals surface area contributed by atoms with Gasteiger partial charge in [0.05, 0.1) is 13.2 Å². The molecular weight excluding hydrogens is 256 g/mol. The van der Waals surface area contributed by atoms with E-state index in [1.54, 1.807) is 20.8 Å². The van der Waals surface area contributed by atoms with Crippen molar-refractivity contribution >= 4 is 0 Å². The van der Waals surface area contributed by atoms with Gasteiger partial charge in [-0.25, -0.2) is 0 Å². The Morgan fingerprint density at radius 3 is 2.58 bits per heavy atom. The van der Waals surface area contributed by atoms with Gasteiger partial charge in [-0.2, -0.15) is 0 Å². The standard InChI is InChI=1S/C12H20O7/c1-6-15-4-7-8(16-6)12(14,5-13)9-10(17-7)19-11(2,3)18-9/h6-10,13-14H,4-5H2,1-3H3/t6?,7-,8-,9+,10-,12+/m1/s1. The number of fused-ring (bicyclic) bond motifs is 2. The number of ether oxygens (including phenoxy) is 5. The van der Waals surface area contributed by atoms with E-state index in [0.29, 0.717) is 0 Å². The molecule has 7 heteroatoms. The highest BCUT2D eigenvalue weighted by atomic mass is 16.8. The maximum atomic E-state index is 10.8. The molecule has 3 heterocycles. The zero-order valence-electron chi connectivity index (χ0n) is 11.2. The SMILES string of the molecule is CC1OC[C@H]2O[C@@H]3OC(C)(C)O[C@@H]3[C@](O)(CO)[C@@H]2O1. The van der Waals surface area contributed by atoms with Crippen LogP contribution in [0.4, 0.5) is 0 Å². The van der Waals surface area contributed by atoms with Crippen LogP contribution in [0.5, 0.6) is 0 Å². The van der Waals surface area contributed by atoms with Gasteiger partial charge in [0.1, 0.15) is 23.9 Å². The number of rotatable bonds is 1. The third-order valence-corrected chi connectivity index (χ3v) is 3.78. The predicted molar refractivity (Wildman–Crippen MR) is 61.0 cm³/mol. The minimum absolute atomic E-state index is 0.279. The van der Waals surface area contributed by atoms with Crippen molar-refractivity contribution in [3.63, 3.8) is 0 Å². The summed E-state index contributed by atoms with van der Waals surface area (Å²) in [6.07, 6.45) is -3.20. The first kappa shape index (κ1) is 13.7. The van der Waals surface area contributed by atoms with E-state index in [9.17, 15) is 10.2 Å². The van der Waals surface area contributed by atoms with Crippen LogP contribution in [-0.2, 0) is 23.7 Å². The van der Waals surface area contributed by atoms with Gasteiger partial charge in [-0.3, -0.25) is 0 Å². The third kappa shape index (κ3) is 2.09. The van der Waals surface area contributed by atoms with Crippen molar-refractivity contribution in [2.75, 3.05) is 13.2 Å². The molecule has 110 valence electrons. The van der Waals surface area contributed by atoms with Crippen LogP contribution in [0.3, 0.4) is 0 Å². The Bertz CT molecular complexity index is 356. The molecule has 3 rings (SSSR count). The van der Waals surface area contributed by atoms with Gasteiger partial charge < -0.3 is 33.9 Å². The summed E-state index contributed by atoms with van der Waals surface area (Å²) in [5.74, 6) is -0.877. The van der Waals surface area contributed by atoms with Gasteiger partial charge in [0.25, 0.3) is 0 Å². The summed E-state index contributed by atoms with van der Waals surface area (Å²) in [5.41, 5.74) is -1.57. The lowest BCUT2D eigenvalue weighted by atomic mass is 9.84. The van der Waals surface area contributed by atoms with E-state index >= 15 is 0 Å². The van der Waals surface area contributed by atoms with Gasteiger partial charge in [0, 0.05) is 0 Å². The Labute approximate surface area is 111 Å². The third-order valence-electron chi connectivity index (χ3n) is 3.78. The normalized spacial score (nSPS) is 52.6. The van der Waals surface area contributed by atoms with E-state index in [4.69, 9.17) is 23.7 Å². The van der Waals surface area contributed by atoms with Crippen molar-refractivity contribution in [2.24, 2.45) is 0 Å². The molecule has 2 N–H and O–H groups in total. The lowest BCUT2D eigenvalue weighted by Crippen LogP contribution is -2.70. The smallest absolute Gasteiger partial charge is 0.190 e. The molecule has 0 aromatic carbocycles. The Balaban J connectivity index is 1.91. The van der Waals surface area contributed by atoms with Crippen LogP contribution in [0.15, 0.2) is 0 Å². The summed E-state index contributed by atoms with van der Waals surface area (Å²) in [4.78, 5) is 0. The monoisotopic (exact) mass is 276 g/mol. The number of aliphatic hydroxyl groups excluding tert-OH is 1. The molecule has 3 aliphatic rings. The summed E-state index contributed by atoms with van der Waals surface area (Å²) in [6.45, 7) is 4.98. The van der Waals surface area contributed by atoms with E-state index in [1.165, 1.54) is 0 Å². The van der Waals surface area contributed by atoms with Gasteiger partial charge in [-0.15, -0.1) is 0 Å². The second-order valence-corrected chi connectivity index (χ2v) is 5.71. The van der Waals surface area contributed by atoms with Crippen molar-refractivity contribution < 1.29 is 33.9 Å². The Morgan fingerprint density at radius 2 is 1.89 bits per heavy atom. The molecule has 0 bridgehead atoms. The number of hydrogen-bond acceptors (Lipinski definition) is 7. The molecule has 0 amide bonds. The number of aliphatic hydroxyl groups is 2. The van der Waals surface area contributed by atoms with Crippen molar-refractivity contribution in [1.29, 1.82) is 0 Å². The molecule has 0 radical (unpaired) electrons. The van der Waals surface area contributed by atoms with Crippen molar-refractivity contribution in [2.45, 2.75) is 63.1 Å². The van der Waals surface area contributed by atoms with Gasteiger partial charge in [0.2, 0.25) is 0 Å². The molecule has 0 aromatic heterocycles. The van der Waals surface area contributed by atoms with E-state index in [0.717, 1.165) is 0 Å². The summed E-state index contributed by atoms with van der Waals surface area (Å²) in [5, 5.41) is 20.4. The summed E-state index contributed by atoms with van der Waals surface area (Å²) in [7, 11) is 0. The second-order valence-electron chi connectivity index (χ2n) is 5.71. The summed E-state index contributed by atoms with van der Waals surface area (Å²) >= 11 is 0. The zero-order chi connectivity index (χ0) is 13.8. The van der Waals surface area contributed by atoms with E-state index in [1.807, 2.05) is 0 Å². The Kier molecular flexibility index (Phi) is 3.14. The highest BCUT2D eigenvalue weighted by Gasteiger charge is 2.63. The Morgan fingerprint density at radius 1 is 1.16 bits per heavy atom. The molecule has 0 saturated carbocycles. The maximum absolute atomic E-state index is 10.8. The highest BCUT2D eigenvalue weighted by molar-refractivity contribution is 5.06. The minimum Gasteiger partial charge on any atom is -0.393 e. The van der Waals surface area contributed by atoms with Gasteiger partial charge >= 0.3 is 0 Å². The molecule has 3 fully saturated rings. The van der Waals surface area contributed by atoms with Crippen LogP contribution in [0.2, 0.25) is 0 Å². The van der Waals surface area contributed by atoms with Crippen molar-refractivity contribution in [3.8, 4) is 0 Å². The van der Waals surface area contributed by atoms with Crippen LogP contribution >= 0.6 is 0 Å². The minimum atomic E-state index is -1.57. The lowest BCUT2D eigenvalue weighted by Gasteiger charge is -2.50. The molecule has 1 unspecified atom stereocenters. The van der Waals surface area contributed by atoms with Crippen molar-refractivity contribution in [3.05, 3.63) is 0 Å². The average Bonchev–Trinajstić information content (AvgIpc) is 2.66. The fourth-order valence-corrected chi connectivity index (χ4v) is 2.88. The van der Waals surface area contributed by atoms with Crippen LogP contribution in [0, 0.1) is 0 Å². The van der Waals surface area contributed by atoms with E-state index in [2.05, 4.69) is 0 Å². The molecule has 6 atom stereocenters. The second kappa shape index (κ2) is 4.36. The van der Waals surface area contributed by atoms with Crippen LogP contribution in [0.25, 0.3) is 0 Å². The van der Waals surface area contributed by atoms with Gasteiger partial charge in [0.15, 0.2) is 18.4 Å². The largest absolute Gasteiger partial charge is 0.393 e. The van der Waals surface area contributed by atoms with Gasteiger partial charge in [-0.05, 0) is 20.8 Å². The molecule has 3 saturated heterocycles. The zero-order valence-corrected chi connectivity index (χ0v) is 11.2.